The second-order valence-corrected chi connectivity index (χ2v) is 6.43. The average molecular weight is 283 g/mol. The lowest BCUT2D eigenvalue weighted by Crippen LogP contribution is -2.26. The molecule has 0 saturated carbocycles. The van der Waals surface area contributed by atoms with Crippen molar-refractivity contribution in [2.24, 2.45) is 0 Å². The van der Waals surface area contributed by atoms with Crippen molar-refractivity contribution in [3.8, 4) is 5.75 Å². The first-order chi connectivity index (χ1) is 8.94. The van der Waals surface area contributed by atoms with Gasteiger partial charge in [0.1, 0.15) is 5.75 Å². The largest absolute Gasteiger partial charge is 0.495 e. The minimum absolute atomic E-state index is 0.0827. The van der Waals surface area contributed by atoms with E-state index in [0.717, 1.165) is 29.2 Å². The molecule has 3 heteroatoms. The van der Waals surface area contributed by atoms with Gasteiger partial charge in [-0.15, -0.1) is 0 Å². The minimum Gasteiger partial charge on any atom is -0.495 e. The number of aliphatic hydroxyl groups is 1. The topological polar surface area (TPSA) is 29.5 Å². The SMILES string of the molecule is COc1c(Cl)c2c(c(C)c1C(C)(C)CO)CCCC2. The molecule has 0 atom stereocenters. The van der Waals surface area contributed by atoms with E-state index in [-0.39, 0.29) is 12.0 Å². The Bertz CT molecular complexity index is 492. The van der Waals surface area contributed by atoms with Gasteiger partial charge in [-0.3, -0.25) is 0 Å². The maximum atomic E-state index is 9.69. The summed E-state index contributed by atoms with van der Waals surface area (Å²) in [5.41, 5.74) is 4.58. The van der Waals surface area contributed by atoms with Gasteiger partial charge in [-0.05, 0) is 49.3 Å². The van der Waals surface area contributed by atoms with E-state index in [1.807, 2.05) is 13.8 Å². The number of methoxy groups -OCH3 is 1. The summed E-state index contributed by atoms with van der Waals surface area (Å²) in [7, 11) is 1.66. The Morgan fingerprint density at radius 2 is 1.79 bits per heavy atom. The van der Waals surface area contributed by atoms with Gasteiger partial charge in [-0.1, -0.05) is 25.4 Å². The quantitative estimate of drug-likeness (QED) is 0.914. The molecule has 0 aromatic heterocycles. The van der Waals surface area contributed by atoms with Gasteiger partial charge in [0.2, 0.25) is 0 Å². The van der Waals surface area contributed by atoms with E-state index < -0.39 is 0 Å². The van der Waals surface area contributed by atoms with Crippen LogP contribution in [-0.4, -0.2) is 18.8 Å². The van der Waals surface area contributed by atoms with Gasteiger partial charge < -0.3 is 9.84 Å². The molecule has 2 nitrogen and oxygen atoms in total. The molecule has 0 unspecified atom stereocenters. The molecular formula is C16H23ClO2. The third-order valence-corrected chi connectivity index (χ3v) is 4.66. The van der Waals surface area contributed by atoms with Crippen molar-refractivity contribution in [1.82, 2.24) is 0 Å². The molecule has 0 amide bonds. The van der Waals surface area contributed by atoms with Gasteiger partial charge in [-0.2, -0.15) is 0 Å². The molecule has 0 heterocycles. The Kier molecular flexibility index (Phi) is 4.12. The Morgan fingerprint density at radius 1 is 1.21 bits per heavy atom. The smallest absolute Gasteiger partial charge is 0.141 e. The molecule has 0 radical (unpaired) electrons. The zero-order chi connectivity index (χ0) is 14.2. The molecule has 1 N–H and O–H groups in total. The molecule has 1 aromatic rings. The molecule has 0 bridgehead atoms. The van der Waals surface area contributed by atoms with Gasteiger partial charge in [0, 0.05) is 11.0 Å². The number of ether oxygens (including phenoxy) is 1. The number of hydrogen-bond donors (Lipinski definition) is 1. The maximum absolute atomic E-state index is 9.69. The fourth-order valence-electron chi connectivity index (χ4n) is 3.22. The average Bonchev–Trinajstić information content (AvgIpc) is 2.42. The number of hydrogen-bond acceptors (Lipinski definition) is 2. The van der Waals surface area contributed by atoms with Crippen LogP contribution in [0.2, 0.25) is 5.02 Å². The zero-order valence-corrected chi connectivity index (χ0v) is 13.0. The van der Waals surface area contributed by atoms with Gasteiger partial charge in [-0.25, -0.2) is 0 Å². The van der Waals surface area contributed by atoms with Crippen molar-refractivity contribution < 1.29 is 9.84 Å². The molecule has 1 aromatic carbocycles. The van der Waals surface area contributed by atoms with E-state index in [2.05, 4.69) is 6.92 Å². The third-order valence-electron chi connectivity index (χ3n) is 4.26. The third kappa shape index (κ3) is 2.36. The van der Waals surface area contributed by atoms with Gasteiger partial charge >= 0.3 is 0 Å². The molecule has 0 saturated heterocycles. The summed E-state index contributed by atoms with van der Waals surface area (Å²) < 4.78 is 5.57. The number of halogens is 1. The van der Waals surface area contributed by atoms with Crippen LogP contribution < -0.4 is 4.74 Å². The van der Waals surface area contributed by atoms with Crippen molar-refractivity contribution in [3.05, 3.63) is 27.3 Å². The fraction of sp³-hybridized carbons (Fsp3) is 0.625. The molecule has 106 valence electrons. The number of rotatable bonds is 3. The van der Waals surface area contributed by atoms with Crippen molar-refractivity contribution >= 4 is 11.6 Å². The lowest BCUT2D eigenvalue weighted by atomic mass is 9.77. The van der Waals surface area contributed by atoms with Crippen LogP contribution in [0.3, 0.4) is 0 Å². The maximum Gasteiger partial charge on any atom is 0.141 e. The lowest BCUT2D eigenvalue weighted by Gasteiger charge is -2.32. The molecule has 0 spiro atoms. The summed E-state index contributed by atoms with van der Waals surface area (Å²) in [6.07, 6.45) is 4.53. The van der Waals surface area contributed by atoms with E-state index in [9.17, 15) is 5.11 Å². The standard InChI is InChI=1S/C16H23ClO2/c1-10-11-7-5-6-8-12(11)14(17)15(19-4)13(10)16(2,3)9-18/h18H,5-9H2,1-4H3. The zero-order valence-electron chi connectivity index (χ0n) is 12.3. The van der Waals surface area contributed by atoms with E-state index >= 15 is 0 Å². The Morgan fingerprint density at radius 3 is 2.32 bits per heavy atom. The number of benzene rings is 1. The highest BCUT2D eigenvalue weighted by Crippen LogP contribution is 2.45. The van der Waals surface area contributed by atoms with Gasteiger partial charge in [0.15, 0.2) is 0 Å². The predicted molar refractivity (Wildman–Crippen MR) is 79.5 cm³/mol. The lowest BCUT2D eigenvalue weighted by molar-refractivity contribution is 0.214. The summed E-state index contributed by atoms with van der Waals surface area (Å²) in [4.78, 5) is 0. The van der Waals surface area contributed by atoms with E-state index in [1.165, 1.54) is 29.5 Å². The van der Waals surface area contributed by atoms with Gasteiger partial charge in [0.05, 0.1) is 18.7 Å². The highest BCUT2D eigenvalue weighted by Gasteiger charge is 2.31. The second-order valence-electron chi connectivity index (χ2n) is 6.05. The van der Waals surface area contributed by atoms with Crippen LogP contribution in [-0.2, 0) is 18.3 Å². The summed E-state index contributed by atoms with van der Waals surface area (Å²) in [6, 6.07) is 0. The number of fused-ring (bicyclic) bond motifs is 1. The molecule has 19 heavy (non-hydrogen) atoms. The summed E-state index contributed by atoms with van der Waals surface area (Å²) in [5, 5.41) is 10.4. The van der Waals surface area contributed by atoms with Crippen LogP contribution in [0.5, 0.6) is 5.75 Å². The Hall–Kier alpha value is -0.730. The monoisotopic (exact) mass is 282 g/mol. The van der Waals surface area contributed by atoms with E-state index in [1.54, 1.807) is 7.11 Å². The predicted octanol–water partition coefficient (Wildman–Crippen LogP) is 3.81. The Balaban J connectivity index is 2.76. The minimum atomic E-state index is -0.342. The van der Waals surface area contributed by atoms with Crippen LogP contribution in [0, 0.1) is 6.92 Å². The van der Waals surface area contributed by atoms with Crippen LogP contribution in [0.1, 0.15) is 48.9 Å². The summed E-state index contributed by atoms with van der Waals surface area (Å²) >= 11 is 6.56. The fourth-order valence-corrected chi connectivity index (χ4v) is 3.60. The van der Waals surface area contributed by atoms with Crippen molar-refractivity contribution in [2.45, 2.75) is 51.9 Å². The molecule has 0 aliphatic heterocycles. The molecule has 1 aliphatic rings. The highest BCUT2D eigenvalue weighted by molar-refractivity contribution is 6.33. The van der Waals surface area contributed by atoms with Gasteiger partial charge in [0.25, 0.3) is 0 Å². The van der Waals surface area contributed by atoms with Crippen molar-refractivity contribution in [3.63, 3.8) is 0 Å². The first kappa shape index (κ1) is 14.7. The normalized spacial score (nSPS) is 15.3. The summed E-state index contributed by atoms with van der Waals surface area (Å²) in [6.45, 7) is 6.28. The van der Waals surface area contributed by atoms with Crippen molar-refractivity contribution in [1.29, 1.82) is 0 Å². The Labute approximate surface area is 120 Å². The second kappa shape index (κ2) is 5.34. The molecule has 1 aliphatic carbocycles. The number of aliphatic hydroxyl groups excluding tert-OH is 1. The summed E-state index contributed by atoms with van der Waals surface area (Å²) in [5.74, 6) is 0.749. The van der Waals surface area contributed by atoms with Crippen molar-refractivity contribution in [2.75, 3.05) is 13.7 Å². The van der Waals surface area contributed by atoms with E-state index in [0.29, 0.717) is 0 Å². The highest BCUT2D eigenvalue weighted by atomic mass is 35.5. The van der Waals surface area contributed by atoms with Crippen LogP contribution in [0.4, 0.5) is 0 Å². The van der Waals surface area contributed by atoms with Crippen LogP contribution in [0.25, 0.3) is 0 Å². The molecule has 0 fully saturated rings. The van der Waals surface area contributed by atoms with E-state index in [4.69, 9.17) is 16.3 Å². The first-order valence-corrected chi connectivity index (χ1v) is 7.31. The molecule has 2 rings (SSSR count). The van der Waals surface area contributed by atoms with Crippen LogP contribution >= 0.6 is 11.6 Å². The molecular weight excluding hydrogens is 260 g/mol. The first-order valence-electron chi connectivity index (χ1n) is 6.93. The van der Waals surface area contributed by atoms with Crippen LogP contribution in [0.15, 0.2) is 0 Å².